The standard InChI is InChI=1S/C31H45N3O4/c1-4-5-6-7-8-9-10-11-12-17-22-34-28(26-18-13-15-20-32-26)24(30(35)37-2)23-25(31(36)38-3)29(34)27-19-14-16-21-33-27/h13-16,18-21,24-25,28-29H,4-12,17,22-23H2,1-3H3. The third-order valence-corrected chi connectivity index (χ3v) is 7.74. The molecule has 2 aromatic rings. The molecule has 0 bridgehead atoms. The fourth-order valence-electron chi connectivity index (χ4n) is 5.83. The number of aromatic nitrogens is 2. The Morgan fingerprint density at radius 1 is 0.737 bits per heavy atom. The summed E-state index contributed by atoms with van der Waals surface area (Å²) in [6, 6.07) is 10.9. The van der Waals surface area contributed by atoms with E-state index in [2.05, 4.69) is 21.8 Å². The molecule has 0 saturated carbocycles. The largest absolute Gasteiger partial charge is 0.469 e. The summed E-state index contributed by atoms with van der Waals surface area (Å²) in [7, 11) is 2.81. The lowest BCUT2D eigenvalue weighted by Crippen LogP contribution is -2.51. The fourth-order valence-corrected chi connectivity index (χ4v) is 5.83. The topological polar surface area (TPSA) is 81.6 Å². The number of likely N-dealkylation sites (tertiary alicyclic amines) is 1. The third-order valence-electron chi connectivity index (χ3n) is 7.74. The van der Waals surface area contributed by atoms with Gasteiger partial charge in [-0.15, -0.1) is 0 Å². The van der Waals surface area contributed by atoms with E-state index in [0.717, 1.165) is 30.8 Å². The lowest BCUT2D eigenvalue weighted by molar-refractivity contribution is -0.162. The van der Waals surface area contributed by atoms with Crippen LogP contribution >= 0.6 is 0 Å². The number of methoxy groups -OCH3 is 2. The lowest BCUT2D eigenvalue weighted by Gasteiger charge is -2.48. The first-order valence-corrected chi connectivity index (χ1v) is 14.4. The highest BCUT2D eigenvalue weighted by Gasteiger charge is 2.50. The number of ether oxygens (including phenoxy) is 2. The number of unbranched alkanes of at least 4 members (excludes halogenated alkanes) is 9. The van der Waals surface area contributed by atoms with Gasteiger partial charge in [-0.25, -0.2) is 0 Å². The van der Waals surface area contributed by atoms with Gasteiger partial charge in [0, 0.05) is 12.4 Å². The molecule has 4 unspecified atom stereocenters. The minimum Gasteiger partial charge on any atom is -0.469 e. The molecule has 1 aliphatic rings. The van der Waals surface area contributed by atoms with E-state index in [9.17, 15) is 9.59 Å². The number of piperidine rings is 1. The normalized spacial score (nSPS) is 21.7. The molecule has 0 radical (unpaired) electrons. The van der Waals surface area contributed by atoms with Gasteiger partial charge in [0.05, 0.1) is 49.5 Å². The molecule has 3 heterocycles. The van der Waals surface area contributed by atoms with E-state index in [1.54, 1.807) is 12.4 Å². The van der Waals surface area contributed by atoms with Crippen LogP contribution in [0, 0.1) is 11.8 Å². The molecule has 1 aliphatic heterocycles. The van der Waals surface area contributed by atoms with Crippen molar-refractivity contribution in [2.45, 2.75) is 89.6 Å². The van der Waals surface area contributed by atoms with Crippen LogP contribution in [0.5, 0.6) is 0 Å². The number of rotatable bonds is 15. The predicted octanol–water partition coefficient (Wildman–Crippen LogP) is 6.46. The molecule has 0 spiro atoms. The SMILES string of the molecule is CCCCCCCCCCCCN1C(c2ccccn2)C(C(=O)OC)CC(C(=O)OC)C1c1ccccn1. The van der Waals surface area contributed by atoms with E-state index < -0.39 is 11.8 Å². The van der Waals surface area contributed by atoms with Crippen LogP contribution in [0.15, 0.2) is 48.8 Å². The average molecular weight is 524 g/mol. The second kappa shape index (κ2) is 16.2. The minimum atomic E-state index is -0.540. The summed E-state index contributed by atoms with van der Waals surface area (Å²) in [4.78, 5) is 37.8. The van der Waals surface area contributed by atoms with Crippen LogP contribution in [0.3, 0.4) is 0 Å². The van der Waals surface area contributed by atoms with E-state index in [1.165, 1.54) is 65.6 Å². The van der Waals surface area contributed by atoms with Crippen LogP contribution in [0.1, 0.15) is 101 Å². The summed E-state index contributed by atoms with van der Waals surface area (Å²) < 4.78 is 10.5. The van der Waals surface area contributed by atoms with E-state index in [-0.39, 0.29) is 24.0 Å². The average Bonchev–Trinajstić information content (AvgIpc) is 2.97. The van der Waals surface area contributed by atoms with Gasteiger partial charge in [0.15, 0.2) is 0 Å². The first-order valence-electron chi connectivity index (χ1n) is 14.4. The first kappa shape index (κ1) is 29.8. The predicted molar refractivity (Wildman–Crippen MR) is 148 cm³/mol. The summed E-state index contributed by atoms with van der Waals surface area (Å²) in [5.41, 5.74) is 1.61. The zero-order valence-electron chi connectivity index (χ0n) is 23.4. The van der Waals surface area contributed by atoms with Crippen LogP contribution in [0.2, 0.25) is 0 Å². The van der Waals surface area contributed by atoms with Gasteiger partial charge in [0.1, 0.15) is 0 Å². The van der Waals surface area contributed by atoms with Crippen molar-refractivity contribution in [1.29, 1.82) is 0 Å². The summed E-state index contributed by atoms with van der Waals surface area (Å²) in [5, 5.41) is 0. The Bertz CT molecular complexity index is 891. The Kier molecular flexibility index (Phi) is 12.7. The van der Waals surface area contributed by atoms with Gasteiger partial charge in [-0.2, -0.15) is 0 Å². The second-order valence-electron chi connectivity index (χ2n) is 10.3. The van der Waals surface area contributed by atoms with Gasteiger partial charge in [0.2, 0.25) is 0 Å². The van der Waals surface area contributed by atoms with Gasteiger partial charge in [-0.1, -0.05) is 76.8 Å². The molecule has 1 fully saturated rings. The zero-order chi connectivity index (χ0) is 27.2. The van der Waals surface area contributed by atoms with Crippen molar-refractivity contribution in [2.24, 2.45) is 11.8 Å². The van der Waals surface area contributed by atoms with E-state index in [0.29, 0.717) is 6.42 Å². The molecule has 2 aromatic heterocycles. The Labute approximate surface area is 228 Å². The maximum Gasteiger partial charge on any atom is 0.310 e. The van der Waals surface area contributed by atoms with Crippen LogP contribution in [0.25, 0.3) is 0 Å². The highest BCUT2D eigenvalue weighted by Crippen LogP contribution is 2.48. The van der Waals surface area contributed by atoms with Crippen LogP contribution in [-0.2, 0) is 19.1 Å². The molecule has 0 aliphatic carbocycles. The number of hydrogen-bond donors (Lipinski definition) is 0. The smallest absolute Gasteiger partial charge is 0.310 e. The highest BCUT2D eigenvalue weighted by atomic mass is 16.5. The lowest BCUT2D eigenvalue weighted by atomic mass is 9.75. The van der Waals surface area contributed by atoms with Crippen molar-refractivity contribution < 1.29 is 19.1 Å². The molecule has 4 atom stereocenters. The van der Waals surface area contributed by atoms with E-state index >= 15 is 0 Å². The molecular formula is C31H45N3O4. The molecular weight excluding hydrogens is 478 g/mol. The molecule has 0 amide bonds. The van der Waals surface area contributed by atoms with Crippen LogP contribution < -0.4 is 0 Å². The Morgan fingerprint density at radius 3 is 1.58 bits per heavy atom. The van der Waals surface area contributed by atoms with Crippen molar-refractivity contribution in [3.63, 3.8) is 0 Å². The van der Waals surface area contributed by atoms with Gasteiger partial charge in [-0.3, -0.25) is 24.5 Å². The van der Waals surface area contributed by atoms with Gasteiger partial charge in [-0.05, 0) is 43.7 Å². The summed E-state index contributed by atoms with van der Waals surface area (Å²) in [6.07, 6.45) is 16.2. The fraction of sp³-hybridized carbons (Fsp3) is 0.613. The second-order valence-corrected chi connectivity index (χ2v) is 10.3. The molecule has 38 heavy (non-hydrogen) atoms. The van der Waals surface area contributed by atoms with Crippen LogP contribution in [0.4, 0.5) is 0 Å². The quantitative estimate of drug-likeness (QED) is 0.196. The molecule has 3 rings (SSSR count). The molecule has 1 saturated heterocycles. The Hall–Kier alpha value is -2.80. The van der Waals surface area contributed by atoms with Crippen molar-refractivity contribution in [2.75, 3.05) is 20.8 Å². The summed E-state index contributed by atoms with van der Waals surface area (Å²) in [5.74, 6) is -1.74. The van der Waals surface area contributed by atoms with Crippen molar-refractivity contribution >= 4 is 11.9 Å². The molecule has 0 N–H and O–H groups in total. The first-order chi connectivity index (χ1) is 18.6. The van der Waals surface area contributed by atoms with Gasteiger partial charge < -0.3 is 9.47 Å². The number of carbonyl (C=O) groups is 2. The number of nitrogens with zero attached hydrogens (tertiary/aromatic N) is 3. The van der Waals surface area contributed by atoms with E-state index in [1.807, 2.05) is 36.4 Å². The van der Waals surface area contributed by atoms with Crippen molar-refractivity contribution in [1.82, 2.24) is 14.9 Å². The minimum absolute atomic E-state index is 0.316. The molecule has 7 heteroatoms. The molecule has 0 aromatic carbocycles. The van der Waals surface area contributed by atoms with Gasteiger partial charge >= 0.3 is 11.9 Å². The van der Waals surface area contributed by atoms with Crippen LogP contribution in [-0.4, -0.2) is 47.6 Å². The number of hydrogen-bond acceptors (Lipinski definition) is 7. The zero-order valence-corrected chi connectivity index (χ0v) is 23.4. The maximum absolute atomic E-state index is 13.1. The monoisotopic (exact) mass is 523 g/mol. The summed E-state index contributed by atoms with van der Waals surface area (Å²) in [6.45, 7) is 2.97. The molecule has 7 nitrogen and oxygen atoms in total. The molecule has 208 valence electrons. The Balaban J connectivity index is 1.83. The third kappa shape index (κ3) is 8.10. The summed E-state index contributed by atoms with van der Waals surface area (Å²) >= 11 is 0. The number of esters is 2. The number of carbonyl (C=O) groups excluding carboxylic acids is 2. The Morgan fingerprint density at radius 2 is 1.18 bits per heavy atom. The maximum atomic E-state index is 13.1. The van der Waals surface area contributed by atoms with Gasteiger partial charge in [0.25, 0.3) is 0 Å². The van der Waals surface area contributed by atoms with Crippen molar-refractivity contribution in [3.8, 4) is 0 Å². The highest BCUT2D eigenvalue weighted by molar-refractivity contribution is 5.78. The number of pyridine rings is 2. The van der Waals surface area contributed by atoms with Crippen molar-refractivity contribution in [3.05, 3.63) is 60.2 Å². The van der Waals surface area contributed by atoms with E-state index in [4.69, 9.17) is 9.47 Å².